The zero-order valence-corrected chi connectivity index (χ0v) is 9.84. The van der Waals surface area contributed by atoms with Crippen LogP contribution in [0, 0.1) is 0 Å². The summed E-state index contributed by atoms with van der Waals surface area (Å²) in [6, 6.07) is 9.29. The van der Waals surface area contributed by atoms with Crippen molar-refractivity contribution < 1.29 is 14.6 Å². The zero-order valence-electron chi connectivity index (χ0n) is 7.68. The predicted octanol–water partition coefficient (Wildman–Crippen LogP) is 2.04. The number of esters is 1. The highest BCUT2D eigenvalue weighted by atomic mass is 127. The number of hydrogen-bond donors (Lipinski definition) is 1. The first kappa shape index (κ1) is 11.5. The zero-order chi connectivity index (χ0) is 10.6. The Morgan fingerprint density at radius 1 is 1.43 bits per heavy atom. The molecule has 0 aliphatic carbocycles. The highest BCUT2D eigenvalue weighted by Crippen LogP contribution is 2.24. The van der Waals surface area contributed by atoms with Gasteiger partial charge in [0.2, 0.25) is 0 Å². The van der Waals surface area contributed by atoms with Crippen LogP contribution in [0.1, 0.15) is 16.4 Å². The van der Waals surface area contributed by atoms with Crippen molar-refractivity contribution in [3.8, 4) is 0 Å². The topological polar surface area (TPSA) is 46.5 Å². The van der Waals surface area contributed by atoms with E-state index >= 15 is 0 Å². The number of carbonyl (C=O) groups is 1. The Morgan fingerprint density at radius 2 is 2.00 bits per heavy atom. The van der Waals surface area contributed by atoms with Crippen LogP contribution in [0.3, 0.4) is 0 Å². The molecule has 0 aliphatic rings. The van der Waals surface area contributed by atoms with Gasteiger partial charge in [-0.25, -0.2) is 0 Å². The number of rotatable bonds is 3. The van der Waals surface area contributed by atoms with Gasteiger partial charge in [-0.15, -0.1) is 0 Å². The summed E-state index contributed by atoms with van der Waals surface area (Å²) in [6.45, 7) is 1.41. The largest absolute Gasteiger partial charge is 0.435 e. The van der Waals surface area contributed by atoms with Crippen molar-refractivity contribution in [2.75, 3.05) is 0 Å². The molecule has 0 aliphatic heterocycles. The lowest BCUT2D eigenvalue weighted by Crippen LogP contribution is -2.17. The Morgan fingerprint density at radius 3 is 2.50 bits per heavy atom. The van der Waals surface area contributed by atoms with Crippen molar-refractivity contribution in [1.82, 2.24) is 0 Å². The molecule has 1 aromatic carbocycles. The van der Waals surface area contributed by atoms with Gasteiger partial charge in [0.1, 0.15) is 3.92 Å². The van der Waals surface area contributed by atoms with Crippen LogP contribution in [0.2, 0.25) is 0 Å². The van der Waals surface area contributed by atoms with Gasteiger partial charge in [0.25, 0.3) is 0 Å². The SMILES string of the molecule is CC(O)OC(=O)C(I)c1ccccc1. The molecule has 0 aromatic heterocycles. The fourth-order valence-electron chi connectivity index (χ4n) is 0.986. The highest BCUT2D eigenvalue weighted by Gasteiger charge is 2.19. The number of benzene rings is 1. The minimum atomic E-state index is -1.05. The second-order valence-corrected chi connectivity index (χ2v) is 4.06. The first-order chi connectivity index (χ1) is 6.61. The molecule has 0 spiro atoms. The van der Waals surface area contributed by atoms with E-state index in [4.69, 9.17) is 5.11 Å². The third kappa shape index (κ3) is 3.26. The van der Waals surface area contributed by atoms with Crippen molar-refractivity contribution in [2.24, 2.45) is 0 Å². The Balaban J connectivity index is 2.66. The van der Waals surface area contributed by atoms with Crippen molar-refractivity contribution in [3.63, 3.8) is 0 Å². The van der Waals surface area contributed by atoms with Crippen LogP contribution in [0.25, 0.3) is 0 Å². The molecule has 0 radical (unpaired) electrons. The number of aliphatic hydroxyl groups excluding tert-OH is 1. The molecule has 3 nitrogen and oxygen atoms in total. The van der Waals surface area contributed by atoms with E-state index in [-0.39, 0.29) is 3.92 Å². The lowest BCUT2D eigenvalue weighted by atomic mass is 10.2. The van der Waals surface area contributed by atoms with Crippen LogP contribution in [-0.2, 0) is 9.53 Å². The number of aliphatic hydroxyl groups is 1. The summed E-state index contributed by atoms with van der Waals surface area (Å²) in [5, 5.41) is 8.87. The normalized spacial score (nSPS) is 14.5. The summed E-state index contributed by atoms with van der Waals surface area (Å²) < 4.78 is 4.30. The molecule has 1 N–H and O–H groups in total. The van der Waals surface area contributed by atoms with Gasteiger partial charge in [0.05, 0.1) is 0 Å². The van der Waals surface area contributed by atoms with Gasteiger partial charge in [-0.3, -0.25) is 4.79 Å². The van der Waals surface area contributed by atoms with Gasteiger partial charge >= 0.3 is 5.97 Å². The third-order valence-corrected chi connectivity index (χ3v) is 2.81. The molecule has 14 heavy (non-hydrogen) atoms. The highest BCUT2D eigenvalue weighted by molar-refractivity contribution is 14.1. The summed E-state index contributed by atoms with van der Waals surface area (Å²) in [4.78, 5) is 11.4. The van der Waals surface area contributed by atoms with E-state index in [0.29, 0.717) is 0 Å². The average Bonchev–Trinajstić information content (AvgIpc) is 2.17. The van der Waals surface area contributed by atoms with Crippen molar-refractivity contribution in [3.05, 3.63) is 35.9 Å². The van der Waals surface area contributed by atoms with Gasteiger partial charge in [-0.1, -0.05) is 52.9 Å². The number of hydrogen-bond acceptors (Lipinski definition) is 3. The summed E-state index contributed by atoms with van der Waals surface area (Å²) in [6.07, 6.45) is -1.05. The molecule has 0 fully saturated rings. The summed E-state index contributed by atoms with van der Waals surface area (Å²) in [5.41, 5.74) is 0.874. The van der Waals surface area contributed by atoms with Gasteiger partial charge in [0, 0.05) is 0 Å². The minimum Gasteiger partial charge on any atom is -0.435 e. The van der Waals surface area contributed by atoms with Crippen LogP contribution in [0.5, 0.6) is 0 Å². The molecule has 0 saturated carbocycles. The third-order valence-electron chi connectivity index (χ3n) is 1.59. The minimum absolute atomic E-state index is 0.372. The van der Waals surface area contributed by atoms with Crippen LogP contribution in [-0.4, -0.2) is 17.4 Å². The van der Waals surface area contributed by atoms with E-state index in [2.05, 4.69) is 4.74 Å². The van der Waals surface area contributed by atoms with Crippen LogP contribution in [0.15, 0.2) is 30.3 Å². The number of alkyl halides is 1. The van der Waals surface area contributed by atoms with E-state index in [1.807, 2.05) is 52.9 Å². The molecular weight excluding hydrogens is 295 g/mol. The van der Waals surface area contributed by atoms with E-state index in [0.717, 1.165) is 5.56 Å². The summed E-state index contributed by atoms with van der Waals surface area (Å²) in [7, 11) is 0. The number of halogens is 1. The molecule has 2 unspecified atom stereocenters. The molecular formula is C10H11IO3. The Kier molecular flexibility index (Phi) is 4.34. The molecule has 2 atom stereocenters. The number of carbonyl (C=O) groups excluding carboxylic acids is 1. The summed E-state index contributed by atoms with van der Waals surface area (Å²) >= 11 is 1.98. The maximum atomic E-state index is 11.4. The molecule has 1 rings (SSSR count). The number of ether oxygens (including phenoxy) is 1. The summed E-state index contributed by atoms with van der Waals surface area (Å²) in [5.74, 6) is -0.424. The van der Waals surface area contributed by atoms with Crippen LogP contribution >= 0.6 is 22.6 Å². The maximum Gasteiger partial charge on any atom is 0.325 e. The molecule has 0 saturated heterocycles. The van der Waals surface area contributed by atoms with Crippen LogP contribution < -0.4 is 0 Å². The fraction of sp³-hybridized carbons (Fsp3) is 0.300. The van der Waals surface area contributed by atoms with Gasteiger partial charge in [0.15, 0.2) is 6.29 Å². The molecule has 76 valence electrons. The van der Waals surface area contributed by atoms with E-state index in [1.165, 1.54) is 6.92 Å². The Hall–Kier alpha value is -0.620. The molecule has 4 heteroatoms. The maximum absolute atomic E-state index is 11.4. The first-order valence-corrected chi connectivity index (χ1v) is 5.43. The van der Waals surface area contributed by atoms with Gasteiger partial charge < -0.3 is 9.84 Å². The lowest BCUT2D eigenvalue weighted by molar-refractivity contribution is -0.163. The monoisotopic (exact) mass is 306 g/mol. The quantitative estimate of drug-likeness (QED) is 0.402. The Bertz CT molecular complexity index is 297. The molecule has 0 heterocycles. The lowest BCUT2D eigenvalue weighted by Gasteiger charge is -2.11. The van der Waals surface area contributed by atoms with Crippen molar-refractivity contribution in [2.45, 2.75) is 17.1 Å². The molecule has 0 bridgehead atoms. The smallest absolute Gasteiger partial charge is 0.325 e. The van der Waals surface area contributed by atoms with E-state index < -0.39 is 12.3 Å². The molecule has 1 aromatic rings. The van der Waals surface area contributed by atoms with Gasteiger partial charge in [-0.2, -0.15) is 0 Å². The molecule has 0 amide bonds. The van der Waals surface area contributed by atoms with E-state index in [9.17, 15) is 4.79 Å². The van der Waals surface area contributed by atoms with Crippen molar-refractivity contribution >= 4 is 28.6 Å². The average molecular weight is 306 g/mol. The van der Waals surface area contributed by atoms with Crippen molar-refractivity contribution in [1.29, 1.82) is 0 Å². The van der Waals surface area contributed by atoms with Gasteiger partial charge in [-0.05, 0) is 12.5 Å². The Labute approximate surface area is 96.2 Å². The first-order valence-electron chi connectivity index (χ1n) is 4.19. The van der Waals surface area contributed by atoms with E-state index in [1.54, 1.807) is 0 Å². The van der Waals surface area contributed by atoms with Crippen LogP contribution in [0.4, 0.5) is 0 Å². The standard InChI is InChI=1S/C10H11IO3/c1-7(12)14-10(13)9(11)8-5-3-2-4-6-8/h2-7,9,12H,1H3. The second kappa shape index (κ2) is 5.31. The predicted molar refractivity (Wildman–Crippen MR) is 61.0 cm³/mol. The second-order valence-electron chi connectivity index (χ2n) is 2.81. The fourth-order valence-corrected chi connectivity index (χ4v) is 1.55.